The highest BCUT2D eigenvalue weighted by Crippen LogP contribution is 2.30. The Hall–Kier alpha value is -3.40. The summed E-state index contributed by atoms with van der Waals surface area (Å²) < 4.78 is 43.4. The molecule has 1 unspecified atom stereocenters. The summed E-state index contributed by atoms with van der Waals surface area (Å²) in [6.07, 6.45) is -2.80. The van der Waals surface area contributed by atoms with Crippen LogP contribution in [0.4, 0.5) is 18.9 Å². The summed E-state index contributed by atoms with van der Waals surface area (Å²) in [6.45, 7) is 0.649. The molecule has 0 saturated carbocycles. The second-order valence-electron chi connectivity index (χ2n) is 7.46. The van der Waals surface area contributed by atoms with Crippen LogP contribution < -0.4 is 5.32 Å². The third-order valence-electron chi connectivity index (χ3n) is 5.37. The van der Waals surface area contributed by atoms with Gasteiger partial charge in [0.05, 0.1) is 30.3 Å². The summed E-state index contributed by atoms with van der Waals surface area (Å²) in [5.74, 6) is 0.222. The molecular weight excluding hydrogens is 425 g/mol. The molecule has 0 spiro atoms. The molecule has 1 aromatic heterocycles. The number of likely N-dealkylation sites (tertiary alicyclic amines) is 1. The van der Waals surface area contributed by atoms with Crippen molar-refractivity contribution in [3.63, 3.8) is 0 Å². The van der Waals surface area contributed by atoms with E-state index in [0.717, 1.165) is 25.0 Å². The van der Waals surface area contributed by atoms with E-state index in [9.17, 15) is 23.1 Å². The number of aliphatic hydroxyl groups excluding tert-OH is 1. The Balaban J connectivity index is 1.45. The van der Waals surface area contributed by atoms with E-state index >= 15 is 0 Å². The van der Waals surface area contributed by atoms with E-state index in [-0.39, 0.29) is 36.8 Å². The molecule has 2 heterocycles. The number of nitrogens with zero attached hydrogens (tertiary/aromatic N) is 3. The van der Waals surface area contributed by atoms with Gasteiger partial charge >= 0.3 is 6.18 Å². The predicted octanol–water partition coefficient (Wildman–Crippen LogP) is 3.96. The van der Waals surface area contributed by atoms with E-state index in [2.05, 4.69) is 15.5 Å². The molecule has 0 radical (unpaired) electrons. The number of carbonyl (C=O) groups excluding carboxylic acids is 1. The van der Waals surface area contributed by atoms with Crippen LogP contribution in [0.25, 0.3) is 11.4 Å². The number of benzene rings is 2. The van der Waals surface area contributed by atoms with Crippen molar-refractivity contribution < 1.29 is 27.6 Å². The topological polar surface area (TPSA) is 91.5 Å². The first-order valence-corrected chi connectivity index (χ1v) is 10.1. The van der Waals surface area contributed by atoms with Crippen molar-refractivity contribution in [2.45, 2.75) is 31.6 Å². The van der Waals surface area contributed by atoms with Gasteiger partial charge in [-0.1, -0.05) is 29.4 Å². The number of amides is 1. The normalized spacial score (nSPS) is 16.4. The third kappa shape index (κ3) is 4.59. The molecule has 7 nitrogen and oxygen atoms in total. The lowest BCUT2D eigenvalue weighted by Gasteiger charge is -2.24. The molecule has 2 aromatic carbocycles. The fraction of sp³-hybridized carbons (Fsp3) is 0.318. The molecule has 168 valence electrons. The van der Waals surface area contributed by atoms with Crippen molar-refractivity contribution in [2.75, 3.05) is 18.5 Å². The quantitative estimate of drug-likeness (QED) is 0.596. The molecule has 0 aliphatic carbocycles. The number of para-hydroxylation sites is 1. The van der Waals surface area contributed by atoms with Crippen molar-refractivity contribution in [3.05, 3.63) is 65.5 Å². The van der Waals surface area contributed by atoms with Crippen molar-refractivity contribution in [2.24, 2.45) is 0 Å². The number of aromatic nitrogens is 2. The third-order valence-corrected chi connectivity index (χ3v) is 5.37. The highest BCUT2D eigenvalue weighted by molar-refractivity contribution is 5.99. The van der Waals surface area contributed by atoms with Gasteiger partial charge in [-0.05, 0) is 37.1 Å². The fourth-order valence-electron chi connectivity index (χ4n) is 3.69. The number of halogens is 3. The minimum Gasteiger partial charge on any atom is -0.394 e. The summed E-state index contributed by atoms with van der Waals surface area (Å²) >= 11 is 0. The van der Waals surface area contributed by atoms with Crippen molar-refractivity contribution in [1.29, 1.82) is 0 Å². The van der Waals surface area contributed by atoms with Crippen LogP contribution in [0.5, 0.6) is 0 Å². The zero-order chi connectivity index (χ0) is 22.7. The number of nitrogens with one attached hydrogen (secondary N) is 1. The van der Waals surface area contributed by atoms with Crippen LogP contribution in [-0.2, 0) is 12.7 Å². The lowest BCUT2D eigenvalue weighted by molar-refractivity contribution is -0.137. The van der Waals surface area contributed by atoms with E-state index in [0.29, 0.717) is 23.4 Å². The van der Waals surface area contributed by atoms with Crippen LogP contribution in [0.15, 0.2) is 53.1 Å². The minimum atomic E-state index is -4.41. The highest BCUT2D eigenvalue weighted by Gasteiger charge is 2.31. The van der Waals surface area contributed by atoms with Gasteiger partial charge in [0.2, 0.25) is 11.7 Å². The van der Waals surface area contributed by atoms with Gasteiger partial charge in [-0.15, -0.1) is 0 Å². The summed E-state index contributed by atoms with van der Waals surface area (Å²) in [7, 11) is 0. The lowest BCUT2D eigenvalue weighted by atomic mass is 10.1. The summed E-state index contributed by atoms with van der Waals surface area (Å²) in [5, 5.41) is 16.4. The monoisotopic (exact) mass is 446 g/mol. The van der Waals surface area contributed by atoms with E-state index in [1.54, 1.807) is 29.2 Å². The van der Waals surface area contributed by atoms with Crippen LogP contribution in [0.1, 0.15) is 34.7 Å². The molecular formula is C22H21F3N4O3. The second kappa shape index (κ2) is 8.99. The van der Waals surface area contributed by atoms with Crippen molar-refractivity contribution in [3.8, 4) is 11.4 Å². The van der Waals surface area contributed by atoms with E-state index in [1.807, 2.05) is 0 Å². The number of anilines is 1. The van der Waals surface area contributed by atoms with Gasteiger partial charge in [0.1, 0.15) is 0 Å². The number of hydrogen-bond acceptors (Lipinski definition) is 6. The molecule has 3 aromatic rings. The molecule has 4 rings (SSSR count). The molecule has 1 aliphatic heterocycles. The van der Waals surface area contributed by atoms with Gasteiger partial charge in [0.25, 0.3) is 5.91 Å². The molecule has 1 saturated heterocycles. The maximum atomic E-state index is 13.0. The maximum absolute atomic E-state index is 13.0. The standard InChI is InChI=1S/C22H21F3N4O3/c23-22(24,25)15-9-7-14(8-10-15)20-27-19(32-28-20)12-26-18-6-2-1-5-17(18)21(31)29-11-3-4-16(29)13-30/h1-2,5-10,16,26,30H,3-4,11-13H2. The van der Waals surface area contributed by atoms with Gasteiger partial charge in [0.15, 0.2) is 0 Å². The first kappa shape index (κ1) is 21.8. The second-order valence-corrected chi connectivity index (χ2v) is 7.46. The Kier molecular flexibility index (Phi) is 6.13. The van der Waals surface area contributed by atoms with Gasteiger partial charge in [-0.25, -0.2) is 0 Å². The Morgan fingerprint density at radius 3 is 2.66 bits per heavy atom. The van der Waals surface area contributed by atoms with Gasteiger partial charge in [0, 0.05) is 17.8 Å². The average molecular weight is 446 g/mol. The summed E-state index contributed by atoms with van der Waals surface area (Å²) in [4.78, 5) is 18.9. The molecule has 32 heavy (non-hydrogen) atoms. The Morgan fingerprint density at radius 2 is 1.94 bits per heavy atom. The predicted molar refractivity (Wildman–Crippen MR) is 110 cm³/mol. The maximum Gasteiger partial charge on any atom is 0.416 e. The SMILES string of the molecule is O=C(c1ccccc1NCc1nc(-c2ccc(C(F)(F)F)cc2)no1)N1CCCC1CO. The molecule has 1 fully saturated rings. The van der Waals surface area contributed by atoms with Gasteiger partial charge < -0.3 is 19.8 Å². The lowest BCUT2D eigenvalue weighted by Crippen LogP contribution is -2.37. The number of carbonyl (C=O) groups is 1. The van der Waals surface area contributed by atoms with Gasteiger partial charge in [-0.3, -0.25) is 4.79 Å². The zero-order valence-corrected chi connectivity index (χ0v) is 17.0. The average Bonchev–Trinajstić information content (AvgIpc) is 3.46. The smallest absolute Gasteiger partial charge is 0.394 e. The van der Waals surface area contributed by atoms with Crippen molar-refractivity contribution in [1.82, 2.24) is 15.0 Å². The van der Waals surface area contributed by atoms with E-state index < -0.39 is 11.7 Å². The Bertz CT molecular complexity index is 1080. The van der Waals surface area contributed by atoms with Crippen LogP contribution in [-0.4, -0.2) is 45.2 Å². The molecule has 1 amide bonds. The number of rotatable bonds is 6. The zero-order valence-electron chi connectivity index (χ0n) is 17.0. The Morgan fingerprint density at radius 1 is 1.19 bits per heavy atom. The molecule has 1 atom stereocenters. The summed E-state index contributed by atoms with van der Waals surface area (Å²) in [6, 6.07) is 11.3. The van der Waals surface area contributed by atoms with Crippen LogP contribution in [0, 0.1) is 0 Å². The van der Waals surface area contributed by atoms with Crippen molar-refractivity contribution >= 4 is 11.6 Å². The number of aliphatic hydroxyl groups is 1. The van der Waals surface area contributed by atoms with Crippen LogP contribution in [0.2, 0.25) is 0 Å². The van der Waals surface area contributed by atoms with E-state index in [4.69, 9.17) is 4.52 Å². The number of hydrogen-bond donors (Lipinski definition) is 2. The molecule has 2 N–H and O–H groups in total. The first-order valence-electron chi connectivity index (χ1n) is 10.1. The van der Waals surface area contributed by atoms with Crippen LogP contribution >= 0.6 is 0 Å². The fourth-order valence-corrected chi connectivity index (χ4v) is 3.69. The van der Waals surface area contributed by atoms with E-state index in [1.165, 1.54) is 12.1 Å². The number of alkyl halides is 3. The largest absolute Gasteiger partial charge is 0.416 e. The summed E-state index contributed by atoms with van der Waals surface area (Å²) in [5.41, 5.74) is 0.688. The van der Waals surface area contributed by atoms with Gasteiger partial charge in [-0.2, -0.15) is 18.2 Å². The molecule has 0 bridgehead atoms. The molecule has 1 aliphatic rings. The van der Waals surface area contributed by atoms with Crippen LogP contribution in [0.3, 0.4) is 0 Å². The first-order chi connectivity index (χ1) is 15.4. The molecule has 10 heteroatoms. The highest BCUT2D eigenvalue weighted by atomic mass is 19.4. The Labute approximate surface area is 181 Å². The minimum absolute atomic E-state index is 0.0734.